The van der Waals surface area contributed by atoms with Crippen LogP contribution < -0.4 is 15.0 Å². The molecule has 1 aliphatic heterocycles. The predicted molar refractivity (Wildman–Crippen MR) is 144 cm³/mol. The number of carbonyl (C=O) groups excluding carboxylic acids is 2. The largest absolute Gasteiger partial charge is 0.494 e. The summed E-state index contributed by atoms with van der Waals surface area (Å²) in [5.74, 6) is -0.159. The molecule has 1 heterocycles. The van der Waals surface area contributed by atoms with Gasteiger partial charge in [0.1, 0.15) is 22.4 Å². The standard InChI is InChI=1S/C27H21Cl2N3O3S/c1-2-35-20-11-9-18(10-12-20)31-25(33)21(16-30)27-32(19-6-4-3-5-7-19)26(34)24(36-27)15-17-8-13-22(28)23(29)14-17/h3-14,24H,2,15H2,1H3,(H,31,33)/b27-21-. The highest BCUT2D eigenvalue weighted by atomic mass is 35.5. The Morgan fingerprint density at radius 2 is 1.81 bits per heavy atom. The highest BCUT2D eigenvalue weighted by Gasteiger charge is 2.40. The van der Waals surface area contributed by atoms with Gasteiger partial charge < -0.3 is 10.1 Å². The van der Waals surface area contributed by atoms with Crippen LogP contribution in [0.1, 0.15) is 12.5 Å². The fourth-order valence-electron chi connectivity index (χ4n) is 3.67. The average molecular weight is 538 g/mol. The molecule has 1 fully saturated rings. The van der Waals surface area contributed by atoms with Crippen LogP contribution >= 0.6 is 35.0 Å². The van der Waals surface area contributed by atoms with Crippen molar-refractivity contribution < 1.29 is 14.3 Å². The van der Waals surface area contributed by atoms with E-state index in [-0.39, 0.29) is 16.5 Å². The number of benzene rings is 3. The minimum Gasteiger partial charge on any atom is -0.494 e. The number of amides is 2. The Hall–Kier alpha value is -3.44. The summed E-state index contributed by atoms with van der Waals surface area (Å²) in [6, 6.07) is 23.0. The quantitative estimate of drug-likeness (QED) is 0.276. The lowest BCUT2D eigenvalue weighted by Gasteiger charge is -2.18. The number of carbonyl (C=O) groups is 2. The summed E-state index contributed by atoms with van der Waals surface area (Å²) in [5, 5.41) is 13.3. The van der Waals surface area contributed by atoms with Gasteiger partial charge in [-0.1, -0.05) is 59.2 Å². The van der Waals surface area contributed by atoms with Crippen LogP contribution in [0.15, 0.2) is 83.4 Å². The number of hydrogen-bond acceptors (Lipinski definition) is 5. The second-order valence-electron chi connectivity index (χ2n) is 7.77. The third-order valence-corrected chi connectivity index (χ3v) is 7.35. The number of thioether (sulfide) groups is 1. The molecule has 6 nitrogen and oxygen atoms in total. The number of anilines is 2. The number of nitrogens with one attached hydrogen (secondary N) is 1. The average Bonchev–Trinajstić information content (AvgIpc) is 3.19. The molecule has 3 aromatic rings. The van der Waals surface area contributed by atoms with Gasteiger partial charge in [0.05, 0.1) is 21.9 Å². The van der Waals surface area contributed by atoms with Gasteiger partial charge in [0.25, 0.3) is 5.91 Å². The topological polar surface area (TPSA) is 82.4 Å². The van der Waals surface area contributed by atoms with E-state index in [1.807, 2.05) is 19.1 Å². The first-order chi connectivity index (χ1) is 17.4. The molecule has 1 aliphatic rings. The molecule has 0 spiro atoms. The van der Waals surface area contributed by atoms with E-state index in [1.54, 1.807) is 66.7 Å². The summed E-state index contributed by atoms with van der Waals surface area (Å²) in [5.41, 5.74) is 1.75. The molecular formula is C27H21Cl2N3O3S. The smallest absolute Gasteiger partial charge is 0.269 e. The maximum atomic E-state index is 13.5. The van der Waals surface area contributed by atoms with Crippen molar-refractivity contribution >= 4 is 58.2 Å². The number of ether oxygens (including phenoxy) is 1. The van der Waals surface area contributed by atoms with Crippen molar-refractivity contribution in [1.29, 1.82) is 5.26 Å². The summed E-state index contributed by atoms with van der Waals surface area (Å²) >= 11 is 13.4. The van der Waals surface area contributed by atoms with Crippen LogP contribution in [0.3, 0.4) is 0 Å². The van der Waals surface area contributed by atoms with Crippen LogP contribution in [0.25, 0.3) is 0 Å². The first-order valence-corrected chi connectivity index (χ1v) is 12.7. The van der Waals surface area contributed by atoms with Gasteiger partial charge in [-0.05, 0) is 67.4 Å². The summed E-state index contributed by atoms with van der Waals surface area (Å²) in [6.45, 7) is 2.41. The highest BCUT2D eigenvalue weighted by Crippen LogP contribution is 2.42. The van der Waals surface area contributed by atoms with Crippen molar-refractivity contribution in [3.8, 4) is 11.8 Å². The van der Waals surface area contributed by atoms with E-state index in [9.17, 15) is 14.9 Å². The minimum atomic E-state index is -0.604. The molecule has 0 bridgehead atoms. The molecule has 1 atom stereocenters. The van der Waals surface area contributed by atoms with Crippen LogP contribution in [0.4, 0.5) is 11.4 Å². The molecule has 0 aliphatic carbocycles. The Morgan fingerprint density at radius 3 is 2.44 bits per heavy atom. The zero-order chi connectivity index (χ0) is 25.7. The SMILES string of the molecule is CCOc1ccc(NC(=O)/C(C#N)=C2\SC(Cc3ccc(Cl)c(Cl)c3)C(=O)N2c2ccccc2)cc1. The Balaban J connectivity index is 1.66. The van der Waals surface area contributed by atoms with Crippen LogP contribution in [0, 0.1) is 11.3 Å². The van der Waals surface area contributed by atoms with Gasteiger partial charge in [-0.25, -0.2) is 0 Å². The van der Waals surface area contributed by atoms with Crippen molar-refractivity contribution in [3.05, 3.63) is 99.0 Å². The van der Waals surface area contributed by atoms with Crippen LogP contribution in [-0.2, 0) is 16.0 Å². The molecule has 1 unspecified atom stereocenters. The minimum absolute atomic E-state index is 0.150. The molecule has 1 saturated heterocycles. The number of halogens is 2. The first kappa shape index (κ1) is 25.6. The lowest BCUT2D eigenvalue weighted by atomic mass is 10.1. The van der Waals surface area contributed by atoms with E-state index in [1.165, 1.54) is 16.7 Å². The number of nitriles is 1. The van der Waals surface area contributed by atoms with Crippen molar-refractivity contribution in [1.82, 2.24) is 0 Å². The van der Waals surface area contributed by atoms with E-state index >= 15 is 0 Å². The normalized spacial score (nSPS) is 16.4. The Labute approximate surface area is 223 Å². The van der Waals surface area contributed by atoms with E-state index in [0.29, 0.717) is 40.2 Å². The predicted octanol–water partition coefficient (Wildman–Crippen LogP) is 6.46. The zero-order valence-corrected chi connectivity index (χ0v) is 21.5. The molecule has 9 heteroatoms. The number of para-hydroxylation sites is 1. The van der Waals surface area contributed by atoms with Crippen LogP contribution in [0.2, 0.25) is 10.0 Å². The third kappa shape index (κ3) is 5.68. The fourth-order valence-corrected chi connectivity index (χ4v) is 5.30. The molecule has 182 valence electrons. The zero-order valence-electron chi connectivity index (χ0n) is 19.2. The molecular weight excluding hydrogens is 517 g/mol. The summed E-state index contributed by atoms with van der Waals surface area (Å²) < 4.78 is 5.43. The van der Waals surface area contributed by atoms with Gasteiger partial charge in [-0.2, -0.15) is 5.26 Å². The maximum absolute atomic E-state index is 13.5. The van der Waals surface area contributed by atoms with Crippen molar-refractivity contribution in [2.75, 3.05) is 16.8 Å². The molecule has 2 amide bonds. The Morgan fingerprint density at radius 1 is 1.08 bits per heavy atom. The molecule has 1 N–H and O–H groups in total. The van der Waals surface area contributed by atoms with Gasteiger partial charge in [0, 0.05) is 11.4 Å². The van der Waals surface area contributed by atoms with E-state index in [4.69, 9.17) is 27.9 Å². The number of nitrogens with zero attached hydrogens (tertiary/aromatic N) is 2. The van der Waals surface area contributed by atoms with Gasteiger partial charge in [0.15, 0.2) is 0 Å². The molecule has 0 saturated carbocycles. The second-order valence-corrected chi connectivity index (χ2v) is 9.78. The van der Waals surface area contributed by atoms with Gasteiger partial charge >= 0.3 is 0 Å². The molecule has 0 radical (unpaired) electrons. The van der Waals surface area contributed by atoms with Gasteiger partial charge in [0.2, 0.25) is 5.91 Å². The monoisotopic (exact) mass is 537 g/mol. The fraction of sp³-hybridized carbons (Fsp3) is 0.148. The van der Waals surface area contributed by atoms with Gasteiger partial charge in [-0.15, -0.1) is 0 Å². The Kier molecular flexibility index (Phi) is 8.21. The molecule has 4 rings (SSSR count). The number of hydrogen-bond donors (Lipinski definition) is 1. The third-order valence-electron chi connectivity index (χ3n) is 5.35. The summed E-state index contributed by atoms with van der Waals surface area (Å²) in [4.78, 5) is 28.1. The summed E-state index contributed by atoms with van der Waals surface area (Å²) in [7, 11) is 0. The van der Waals surface area contributed by atoms with Crippen molar-refractivity contribution in [3.63, 3.8) is 0 Å². The number of rotatable bonds is 7. The van der Waals surface area contributed by atoms with Crippen LogP contribution in [0.5, 0.6) is 5.75 Å². The highest BCUT2D eigenvalue weighted by molar-refractivity contribution is 8.05. The molecule has 3 aromatic carbocycles. The summed E-state index contributed by atoms with van der Waals surface area (Å²) in [6.07, 6.45) is 0.354. The molecule has 36 heavy (non-hydrogen) atoms. The van der Waals surface area contributed by atoms with E-state index < -0.39 is 11.2 Å². The second kappa shape index (κ2) is 11.5. The lowest BCUT2D eigenvalue weighted by molar-refractivity contribution is -0.117. The maximum Gasteiger partial charge on any atom is 0.269 e. The van der Waals surface area contributed by atoms with Crippen molar-refractivity contribution in [2.45, 2.75) is 18.6 Å². The first-order valence-electron chi connectivity index (χ1n) is 11.1. The molecule has 0 aromatic heterocycles. The van der Waals surface area contributed by atoms with Gasteiger partial charge in [-0.3, -0.25) is 14.5 Å². The van der Waals surface area contributed by atoms with Crippen molar-refractivity contribution in [2.24, 2.45) is 0 Å². The lowest BCUT2D eigenvalue weighted by Crippen LogP contribution is -2.30. The van der Waals surface area contributed by atoms with E-state index in [2.05, 4.69) is 5.32 Å². The van der Waals surface area contributed by atoms with Crippen LogP contribution in [-0.4, -0.2) is 23.7 Å². The Bertz CT molecular complexity index is 1350. The van der Waals surface area contributed by atoms with E-state index in [0.717, 1.165) is 5.56 Å².